The predicted octanol–water partition coefficient (Wildman–Crippen LogP) is 6.13. The summed E-state index contributed by atoms with van der Waals surface area (Å²) in [7, 11) is 0. The van der Waals surface area contributed by atoms with Gasteiger partial charge in [-0.3, -0.25) is 0 Å². The van der Waals surface area contributed by atoms with Crippen LogP contribution >= 0.6 is 35.0 Å². The van der Waals surface area contributed by atoms with Crippen molar-refractivity contribution in [2.45, 2.75) is 9.92 Å². The zero-order valence-corrected chi connectivity index (χ0v) is 13.6. The molecule has 0 bridgehead atoms. The molecule has 1 aromatic heterocycles. The maximum absolute atomic E-state index is 6.11. The molecule has 0 N–H and O–H groups in total. The molecule has 22 heavy (non-hydrogen) atoms. The summed E-state index contributed by atoms with van der Waals surface area (Å²) in [5.74, 6) is 0.921. The van der Waals surface area contributed by atoms with Crippen LogP contribution in [-0.4, -0.2) is 4.98 Å². The molecule has 109 valence electrons. The number of pyridine rings is 1. The van der Waals surface area contributed by atoms with Crippen molar-refractivity contribution in [2.75, 3.05) is 0 Å². The van der Waals surface area contributed by atoms with Gasteiger partial charge < -0.3 is 4.74 Å². The average molecular weight is 347 g/mol. The summed E-state index contributed by atoms with van der Waals surface area (Å²) in [6, 6.07) is 21.8. The summed E-state index contributed by atoms with van der Waals surface area (Å²) in [5.41, 5.74) is 0. The number of hydrogen-bond acceptors (Lipinski definition) is 3. The summed E-state index contributed by atoms with van der Waals surface area (Å²) in [6.45, 7) is 0. The summed E-state index contributed by atoms with van der Waals surface area (Å²) >= 11 is 13.6. The molecule has 0 aliphatic heterocycles. The number of halogens is 2. The molecule has 1 radical (unpaired) electrons. The minimum absolute atomic E-state index is 0.371. The molecule has 1 heterocycles. The van der Waals surface area contributed by atoms with E-state index in [2.05, 4.69) is 11.1 Å². The van der Waals surface area contributed by atoms with E-state index in [9.17, 15) is 0 Å². The lowest BCUT2D eigenvalue weighted by molar-refractivity contribution is 0.459. The SMILES string of the molecule is Clc1cccc(Oc2cc[c]c(Sc3ccccc3)n2)c1Cl. The number of hydrogen-bond donors (Lipinski definition) is 0. The molecule has 0 aliphatic rings. The van der Waals surface area contributed by atoms with Crippen LogP contribution in [0.5, 0.6) is 11.6 Å². The Labute approximate surface area is 143 Å². The fourth-order valence-electron chi connectivity index (χ4n) is 1.74. The topological polar surface area (TPSA) is 22.1 Å². The van der Waals surface area contributed by atoms with Gasteiger partial charge in [0.2, 0.25) is 5.88 Å². The Balaban J connectivity index is 1.81. The van der Waals surface area contributed by atoms with E-state index < -0.39 is 0 Å². The highest BCUT2D eigenvalue weighted by atomic mass is 35.5. The molecule has 2 nitrogen and oxygen atoms in total. The third kappa shape index (κ3) is 3.74. The highest BCUT2D eigenvalue weighted by Gasteiger charge is 2.08. The van der Waals surface area contributed by atoms with E-state index in [4.69, 9.17) is 27.9 Å². The normalized spacial score (nSPS) is 10.5. The van der Waals surface area contributed by atoms with Crippen LogP contribution in [0.3, 0.4) is 0 Å². The first-order valence-corrected chi connectivity index (χ1v) is 8.03. The van der Waals surface area contributed by atoms with Gasteiger partial charge >= 0.3 is 0 Å². The van der Waals surface area contributed by atoms with E-state index in [-0.39, 0.29) is 0 Å². The lowest BCUT2D eigenvalue weighted by Gasteiger charge is -2.08. The van der Waals surface area contributed by atoms with Crippen molar-refractivity contribution in [2.24, 2.45) is 0 Å². The summed E-state index contributed by atoms with van der Waals surface area (Å²) in [5, 5.41) is 1.54. The summed E-state index contributed by atoms with van der Waals surface area (Å²) < 4.78 is 5.71. The Hall–Kier alpha value is -1.68. The van der Waals surface area contributed by atoms with Gasteiger partial charge in [0.05, 0.1) is 5.02 Å². The van der Waals surface area contributed by atoms with E-state index in [1.54, 1.807) is 30.3 Å². The molecule has 2 aromatic carbocycles. The van der Waals surface area contributed by atoms with Crippen molar-refractivity contribution >= 4 is 35.0 Å². The van der Waals surface area contributed by atoms with Crippen LogP contribution in [0.15, 0.2) is 70.6 Å². The monoisotopic (exact) mass is 346 g/mol. The minimum atomic E-state index is 0.371. The zero-order chi connectivity index (χ0) is 15.4. The van der Waals surface area contributed by atoms with Gasteiger partial charge in [0.1, 0.15) is 15.8 Å². The van der Waals surface area contributed by atoms with Crippen LogP contribution in [0.25, 0.3) is 0 Å². The quantitative estimate of drug-likeness (QED) is 0.567. The van der Waals surface area contributed by atoms with Gasteiger partial charge in [-0.2, -0.15) is 0 Å². The first-order chi connectivity index (χ1) is 10.7. The maximum atomic E-state index is 6.11. The number of nitrogens with zero attached hydrogens (tertiary/aromatic N) is 1. The van der Waals surface area contributed by atoms with Crippen molar-refractivity contribution in [3.8, 4) is 11.6 Å². The van der Waals surface area contributed by atoms with E-state index in [1.807, 2.05) is 30.3 Å². The van der Waals surface area contributed by atoms with E-state index in [0.29, 0.717) is 21.7 Å². The molecule has 3 aromatic rings. The van der Waals surface area contributed by atoms with Crippen LogP contribution in [0, 0.1) is 6.07 Å². The molecule has 3 rings (SSSR count). The molecule has 0 saturated heterocycles. The van der Waals surface area contributed by atoms with E-state index in [1.165, 1.54) is 11.8 Å². The van der Waals surface area contributed by atoms with E-state index >= 15 is 0 Å². The third-order valence-electron chi connectivity index (χ3n) is 2.73. The van der Waals surface area contributed by atoms with Gasteiger partial charge in [-0.05, 0) is 30.3 Å². The highest BCUT2D eigenvalue weighted by Crippen LogP contribution is 2.34. The fourth-order valence-corrected chi connectivity index (χ4v) is 2.85. The van der Waals surface area contributed by atoms with Crippen molar-refractivity contribution in [3.05, 3.63) is 76.8 Å². The standard InChI is InChI=1S/C17H10Cl2NOS/c18-13-8-4-9-14(17(13)19)21-15-10-5-11-16(20-15)22-12-6-2-1-3-7-12/h1-10H. The Morgan fingerprint density at radius 1 is 0.955 bits per heavy atom. The molecule has 0 saturated carbocycles. The summed E-state index contributed by atoms with van der Waals surface area (Å²) in [4.78, 5) is 5.50. The highest BCUT2D eigenvalue weighted by molar-refractivity contribution is 7.99. The average Bonchev–Trinajstić information content (AvgIpc) is 2.53. The van der Waals surface area contributed by atoms with Gasteiger partial charge in [-0.1, -0.05) is 59.2 Å². The van der Waals surface area contributed by atoms with Crippen molar-refractivity contribution in [1.82, 2.24) is 4.98 Å². The van der Waals surface area contributed by atoms with Crippen LogP contribution in [-0.2, 0) is 0 Å². The third-order valence-corrected chi connectivity index (χ3v) is 4.44. The molecule has 0 atom stereocenters. The van der Waals surface area contributed by atoms with Gasteiger partial charge in [0.15, 0.2) is 0 Å². The van der Waals surface area contributed by atoms with Gasteiger partial charge in [-0.15, -0.1) is 0 Å². The van der Waals surface area contributed by atoms with Gasteiger partial charge in [0.25, 0.3) is 0 Å². The molecule has 0 spiro atoms. The van der Waals surface area contributed by atoms with Crippen molar-refractivity contribution in [3.63, 3.8) is 0 Å². The largest absolute Gasteiger partial charge is 0.437 e. The second-order valence-corrected chi connectivity index (χ2v) is 6.15. The van der Waals surface area contributed by atoms with Crippen LogP contribution in [0.2, 0.25) is 10.0 Å². The Bertz CT molecular complexity index is 781. The lowest BCUT2D eigenvalue weighted by atomic mass is 10.3. The van der Waals surface area contributed by atoms with Crippen LogP contribution < -0.4 is 4.74 Å². The van der Waals surface area contributed by atoms with Crippen LogP contribution in [0.4, 0.5) is 0 Å². The first kappa shape index (κ1) is 15.2. The minimum Gasteiger partial charge on any atom is -0.437 e. The van der Waals surface area contributed by atoms with E-state index in [0.717, 1.165) is 9.92 Å². The number of benzene rings is 2. The second kappa shape index (κ2) is 7.05. The van der Waals surface area contributed by atoms with Crippen molar-refractivity contribution < 1.29 is 4.74 Å². The Morgan fingerprint density at radius 3 is 2.59 bits per heavy atom. The number of aromatic nitrogens is 1. The molecule has 0 unspecified atom stereocenters. The van der Waals surface area contributed by atoms with Gasteiger partial charge in [0, 0.05) is 17.0 Å². The predicted molar refractivity (Wildman–Crippen MR) is 90.2 cm³/mol. The molecule has 5 heteroatoms. The molecule has 0 amide bonds. The zero-order valence-electron chi connectivity index (χ0n) is 11.3. The fraction of sp³-hybridized carbons (Fsp3) is 0. The molecular weight excluding hydrogens is 337 g/mol. The second-order valence-electron chi connectivity index (χ2n) is 4.30. The molecular formula is C17H10Cl2NOS. The van der Waals surface area contributed by atoms with Crippen molar-refractivity contribution in [1.29, 1.82) is 0 Å². The van der Waals surface area contributed by atoms with Gasteiger partial charge in [-0.25, -0.2) is 4.98 Å². The molecule has 0 aliphatic carbocycles. The summed E-state index contributed by atoms with van der Waals surface area (Å²) in [6.07, 6.45) is 0. The first-order valence-electron chi connectivity index (χ1n) is 6.46. The Morgan fingerprint density at radius 2 is 1.77 bits per heavy atom. The Kier molecular flexibility index (Phi) is 4.88. The number of ether oxygens (including phenoxy) is 1. The molecule has 0 fully saturated rings. The maximum Gasteiger partial charge on any atom is 0.220 e. The lowest BCUT2D eigenvalue weighted by Crippen LogP contribution is -1.90. The smallest absolute Gasteiger partial charge is 0.220 e. The van der Waals surface area contributed by atoms with Crippen LogP contribution in [0.1, 0.15) is 0 Å². The number of rotatable bonds is 4.